The van der Waals surface area contributed by atoms with Gasteiger partial charge in [-0.2, -0.15) is 0 Å². The van der Waals surface area contributed by atoms with Gasteiger partial charge in [0.05, 0.1) is 19.3 Å². The molecule has 29 heavy (non-hydrogen) atoms. The van der Waals surface area contributed by atoms with Crippen LogP contribution in [0.15, 0.2) is 36.4 Å². The van der Waals surface area contributed by atoms with Gasteiger partial charge in [0.1, 0.15) is 12.7 Å². The number of fused-ring (bicyclic) bond motifs is 1. The predicted molar refractivity (Wildman–Crippen MR) is 112 cm³/mol. The highest BCUT2D eigenvalue weighted by molar-refractivity contribution is 5.78. The number of pyridine rings is 1. The molecule has 0 radical (unpaired) electrons. The van der Waals surface area contributed by atoms with Crippen molar-refractivity contribution in [2.45, 2.75) is 45.6 Å². The third kappa shape index (κ3) is 5.19. The van der Waals surface area contributed by atoms with Gasteiger partial charge in [-0.05, 0) is 31.0 Å². The summed E-state index contributed by atoms with van der Waals surface area (Å²) in [6.07, 6.45) is 3.59. The number of methoxy groups -OCH3 is 1. The molecular formula is C23H30N2O4. The Bertz CT molecular complexity index is 818. The van der Waals surface area contributed by atoms with E-state index in [4.69, 9.17) is 14.2 Å². The number of ether oxygens (including phenoxy) is 3. The van der Waals surface area contributed by atoms with E-state index < -0.39 is 0 Å². The molecule has 2 heterocycles. The molecule has 156 valence electrons. The Hall–Kier alpha value is -2.76. The highest BCUT2D eigenvalue weighted by atomic mass is 16.6. The molecule has 1 amide bonds. The zero-order chi connectivity index (χ0) is 20.6. The highest BCUT2D eigenvalue weighted by Crippen LogP contribution is 2.40. The summed E-state index contributed by atoms with van der Waals surface area (Å²) in [4.78, 5) is 17.0. The van der Waals surface area contributed by atoms with Crippen LogP contribution in [0.25, 0.3) is 11.3 Å². The average molecular weight is 399 g/mol. The molecule has 1 aliphatic heterocycles. The number of rotatable bonds is 9. The minimum Gasteiger partial charge on any atom is -0.486 e. The Kier molecular flexibility index (Phi) is 7.33. The third-order valence-corrected chi connectivity index (χ3v) is 5.05. The van der Waals surface area contributed by atoms with E-state index in [0.717, 1.165) is 36.9 Å². The van der Waals surface area contributed by atoms with Gasteiger partial charge in [-0.1, -0.05) is 38.8 Å². The molecule has 0 saturated heterocycles. The molecular weight excluding hydrogens is 368 g/mol. The lowest BCUT2D eigenvalue weighted by molar-refractivity contribution is -0.126. The molecule has 1 aromatic carbocycles. The molecule has 2 aromatic rings. The molecule has 1 aliphatic rings. The number of carbonyl (C=O) groups excluding carboxylic acids is 1. The van der Waals surface area contributed by atoms with Crippen LogP contribution < -0.4 is 19.5 Å². The summed E-state index contributed by atoms with van der Waals surface area (Å²) in [5.74, 6) is 2.05. The van der Waals surface area contributed by atoms with Crippen molar-refractivity contribution < 1.29 is 19.0 Å². The first-order chi connectivity index (χ1) is 14.2. The fourth-order valence-electron chi connectivity index (χ4n) is 3.58. The van der Waals surface area contributed by atoms with Crippen molar-refractivity contribution in [3.63, 3.8) is 0 Å². The maximum absolute atomic E-state index is 12.5. The molecule has 3 rings (SSSR count). The quantitative estimate of drug-likeness (QED) is 0.685. The van der Waals surface area contributed by atoms with Gasteiger partial charge in [-0.15, -0.1) is 0 Å². The SMILES string of the molecule is CCCC(CCC)C(=O)NCC1COc2cccc(-c3cccc(OC)n3)c2O1. The summed E-state index contributed by atoms with van der Waals surface area (Å²) >= 11 is 0. The van der Waals surface area contributed by atoms with E-state index in [1.54, 1.807) is 13.2 Å². The van der Waals surface area contributed by atoms with Gasteiger partial charge >= 0.3 is 0 Å². The number of hydrogen-bond acceptors (Lipinski definition) is 5. The normalized spacial score (nSPS) is 15.2. The first-order valence-corrected chi connectivity index (χ1v) is 10.4. The van der Waals surface area contributed by atoms with Gasteiger partial charge in [0.25, 0.3) is 0 Å². The van der Waals surface area contributed by atoms with Crippen LogP contribution >= 0.6 is 0 Å². The number of para-hydroxylation sites is 1. The second-order valence-electron chi connectivity index (χ2n) is 7.27. The van der Waals surface area contributed by atoms with E-state index in [1.807, 2.05) is 30.3 Å². The van der Waals surface area contributed by atoms with E-state index in [-0.39, 0.29) is 17.9 Å². The fourth-order valence-corrected chi connectivity index (χ4v) is 3.58. The summed E-state index contributed by atoms with van der Waals surface area (Å²) in [5.41, 5.74) is 1.59. The van der Waals surface area contributed by atoms with Crippen LogP contribution in [0.1, 0.15) is 39.5 Å². The Morgan fingerprint density at radius 1 is 1.21 bits per heavy atom. The topological polar surface area (TPSA) is 69.7 Å². The van der Waals surface area contributed by atoms with Crippen LogP contribution in [0, 0.1) is 5.92 Å². The second kappa shape index (κ2) is 10.1. The third-order valence-electron chi connectivity index (χ3n) is 5.05. The summed E-state index contributed by atoms with van der Waals surface area (Å²) in [7, 11) is 1.59. The first kappa shape index (κ1) is 21.0. The number of amides is 1. The van der Waals surface area contributed by atoms with Crippen LogP contribution in [0.5, 0.6) is 17.4 Å². The molecule has 0 bridgehead atoms. The number of nitrogens with one attached hydrogen (secondary N) is 1. The molecule has 0 aliphatic carbocycles. The Morgan fingerprint density at radius 2 is 1.97 bits per heavy atom. The maximum atomic E-state index is 12.5. The first-order valence-electron chi connectivity index (χ1n) is 10.4. The van der Waals surface area contributed by atoms with Gasteiger partial charge < -0.3 is 19.5 Å². The molecule has 1 atom stereocenters. The minimum absolute atomic E-state index is 0.0679. The van der Waals surface area contributed by atoms with Gasteiger partial charge in [0.2, 0.25) is 11.8 Å². The second-order valence-corrected chi connectivity index (χ2v) is 7.27. The Morgan fingerprint density at radius 3 is 2.69 bits per heavy atom. The number of nitrogens with zero attached hydrogens (tertiary/aromatic N) is 1. The summed E-state index contributed by atoms with van der Waals surface area (Å²) in [5, 5.41) is 3.05. The molecule has 0 fully saturated rings. The van der Waals surface area contributed by atoms with Gasteiger partial charge in [0.15, 0.2) is 11.5 Å². The van der Waals surface area contributed by atoms with Crippen LogP contribution in [0.2, 0.25) is 0 Å². The molecule has 0 spiro atoms. The van der Waals surface area contributed by atoms with Crippen molar-refractivity contribution >= 4 is 5.91 Å². The Balaban J connectivity index is 1.71. The number of benzene rings is 1. The largest absolute Gasteiger partial charge is 0.486 e. The predicted octanol–water partition coefficient (Wildman–Crippen LogP) is 4.23. The number of aromatic nitrogens is 1. The van der Waals surface area contributed by atoms with E-state index in [1.165, 1.54) is 0 Å². The van der Waals surface area contributed by atoms with E-state index in [2.05, 4.69) is 24.1 Å². The highest BCUT2D eigenvalue weighted by Gasteiger charge is 2.26. The van der Waals surface area contributed by atoms with Crippen LogP contribution in [0.4, 0.5) is 0 Å². The van der Waals surface area contributed by atoms with Crippen molar-refractivity contribution in [1.82, 2.24) is 10.3 Å². The van der Waals surface area contributed by atoms with Gasteiger partial charge in [-0.3, -0.25) is 4.79 Å². The zero-order valence-electron chi connectivity index (χ0n) is 17.4. The molecule has 1 aromatic heterocycles. The van der Waals surface area contributed by atoms with Crippen LogP contribution in [-0.4, -0.2) is 37.3 Å². The lowest BCUT2D eigenvalue weighted by atomic mass is 9.97. The summed E-state index contributed by atoms with van der Waals surface area (Å²) < 4.78 is 17.4. The smallest absolute Gasteiger partial charge is 0.223 e. The van der Waals surface area contributed by atoms with E-state index >= 15 is 0 Å². The van der Waals surface area contributed by atoms with Crippen molar-refractivity contribution in [2.24, 2.45) is 5.92 Å². The van der Waals surface area contributed by atoms with Gasteiger partial charge in [-0.25, -0.2) is 4.98 Å². The molecule has 6 heteroatoms. The summed E-state index contributed by atoms with van der Waals surface area (Å²) in [6.45, 7) is 5.04. The molecule has 1 N–H and O–H groups in total. The zero-order valence-corrected chi connectivity index (χ0v) is 17.4. The summed E-state index contributed by atoms with van der Waals surface area (Å²) in [6, 6.07) is 11.4. The van der Waals surface area contributed by atoms with Crippen LogP contribution in [0.3, 0.4) is 0 Å². The Labute approximate surface area is 172 Å². The monoisotopic (exact) mass is 398 g/mol. The molecule has 1 unspecified atom stereocenters. The lowest BCUT2D eigenvalue weighted by Crippen LogP contribution is -2.42. The molecule has 0 saturated carbocycles. The minimum atomic E-state index is -0.248. The van der Waals surface area contributed by atoms with Crippen LogP contribution in [-0.2, 0) is 4.79 Å². The fraction of sp³-hybridized carbons (Fsp3) is 0.478. The van der Waals surface area contributed by atoms with Crippen molar-refractivity contribution in [2.75, 3.05) is 20.3 Å². The van der Waals surface area contributed by atoms with Gasteiger partial charge in [0, 0.05) is 17.5 Å². The van der Waals surface area contributed by atoms with E-state index in [9.17, 15) is 4.79 Å². The molecule has 6 nitrogen and oxygen atoms in total. The lowest BCUT2D eigenvalue weighted by Gasteiger charge is -2.28. The number of hydrogen-bond donors (Lipinski definition) is 1. The average Bonchev–Trinajstić information content (AvgIpc) is 2.76. The van der Waals surface area contributed by atoms with Crippen molar-refractivity contribution in [3.05, 3.63) is 36.4 Å². The maximum Gasteiger partial charge on any atom is 0.223 e. The number of carbonyl (C=O) groups is 1. The van der Waals surface area contributed by atoms with Crippen molar-refractivity contribution in [1.29, 1.82) is 0 Å². The van der Waals surface area contributed by atoms with Crippen molar-refractivity contribution in [3.8, 4) is 28.6 Å². The standard InChI is InChI=1S/C23H30N2O4/c1-4-8-16(9-5-2)23(26)24-14-17-15-28-20-12-6-10-18(22(20)29-17)19-11-7-13-21(25-19)27-3/h6-7,10-13,16-17H,4-5,8-9,14-15H2,1-3H3,(H,24,26). The van der Waals surface area contributed by atoms with E-state index in [0.29, 0.717) is 30.5 Å².